The average molecular weight is 378 g/mol. The molecule has 2 N–H and O–H groups in total. The molecule has 5 nitrogen and oxygen atoms in total. The number of thiophene rings is 1. The third-order valence-corrected chi connectivity index (χ3v) is 6.48. The second-order valence-electron chi connectivity index (χ2n) is 7.57. The van der Waals surface area contributed by atoms with Crippen LogP contribution >= 0.6 is 11.3 Å². The largest absolute Gasteiger partial charge is 0.355 e. The van der Waals surface area contributed by atoms with Crippen LogP contribution in [0, 0.1) is 5.92 Å². The van der Waals surface area contributed by atoms with E-state index in [0.29, 0.717) is 19.1 Å². The molecule has 2 amide bonds. The van der Waals surface area contributed by atoms with Crippen LogP contribution in [0.25, 0.3) is 0 Å². The lowest BCUT2D eigenvalue weighted by molar-refractivity contribution is -0.127. The fourth-order valence-corrected chi connectivity index (χ4v) is 4.69. The molecule has 0 atom stereocenters. The van der Waals surface area contributed by atoms with Crippen LogP contribution in [-0.4, -0.2) is 48.9 Å². The van der Waals surface area contributed by atoms with Crippen molar-refractivity contribution in [2.75, 3.05) is 26.2 Å². The molecule has 1 saturated heterocycles. The maximum absolute atomic E-state index is 12.3. The van der Waals surface area contributed by atoms with E-state index in [9.17, 15) is 9.59 Å². The lowest BCUT2D eigenvalue weighted by Crippen LogP contribution is -2.46. The molecule has 0 unspecified atom stereocenters. The van der Waals surface area contributed by atoms with Crippen LogP contribution in [0.1, 0.15) is 49.8 Å². The number of carbonyl (C=O) groups is 2. The lowest BCUT2D eigenvalue weighted by atomic mass is 9.95. The van der Waals surface area contributed by atoms with Crippen molar-refractivity contribution in [3.8, 4) is 0 Å². The van der Waals surface area contributed by atoms with Crippen LogP contribution in [0.4, 0.5) is 0 Å². The van der Waals surface area contributed by atoms with Gasteiger partial charge in [0.1, 0.15) is 0 Å². The normalized spacial score (nSPS) is 20.0. The SMILES string of the molecule is O=C(CN1CCC(C(=O)NCCc2cccs2)CC1)NC1CCCCC1. The van der Waals surface area contributed by atoms with E-state index in [-0.39, 0.29) is 17.7 Å². The maximum Gasteiger partial charge on any atom is 0.234 e. The summed E-state index contributed by atoms with van der Waals surface area (Å²) in [4.78, 5) is 28.0. The molecule has 1 aliphatic carbocycles. The van der Waals surface area contributed by atoms with Gasteiger partial charge in [0.25, 0.3) is 0 Å². The van der Waals surface area contributed by atoms with Crippen LogP contribution in [0.3, 0.4) is 0 Å². The van der Waals surface area contributed by atoms with E-state index in [1.54, 1.807) is 11.3 Å². The van der Waals surface area contributed by atoms with E-state index in [4.69, 9.17) is 0 Å². The highest BCUT2D eigenvalue weighted by molar-refractivity contribution is 7.09. The van der Waals surface area contributed by atoms with Crippen molar-refractivity contribution in [2.45, 2.75) is 57.4 Å². The van der Waals surface area contributed by atoms with Gasteiger partial charge in [-0.05, 0) is 56.6 Å². The van der Waals surface area contributed by atoms with Crippen molar-refractivity contribution < 1.29 is 9.59 Å². The molecular weight excluding hydrogens is 346 g/mol. The van der Waals surface area contributed by atoms with Crippen LogP contribution in [-0.2, 0) is 16.0 Å². The van der Waals surface area contributed by atoms with Gasteiger partial charge in [-0.3, -0.25) is 14.5 Å². The Labute approximate surface area is 160 Å². The minimum atomic E-state index is 0.0935. The van der Waals surface area contributed by atoms with Gasteiger partial charge in [0.05, 0.1) is 6.54 Å². The average Bonchev–Trinajstić information content (AvgIpc) is 3.16. The van der Waals surface area contributed by atoms with Crippen LogP contribution < -0.4 is 10.6 Å². The van der Waals surface area contributed by atoms with Gasteiger partial charge in [0, 0.05) is 23.4 Å². The number of carbonyl (C=O) groups excluding carboxylic acids is 2. The fraction of sp³-hybridized carbons (Fsp3) is 0.700. The molecule has 2 heterocycles. The summed E-state index contributed by atoms with van der Waals surface area (Å²) in [5, 5.41) is 8.32. The van der Waals surface area contributed by atoms with Crippen LogP contribution in [0.5, 0.6) is 0 Å². The quantitative estimate of drug-likeness (QED) is 0.768. The Morgan fingerprint density at radius 3 is 2.58 bits per heavy atom. The Kier molecular flexibility index (Phi) is 7.50. The van der Waals surface area contributed by atoms with Gasteiger partial charge in [-0.25, -0.2) is 0 Å². The molecule has 3 rings (SSSR count). The molecular formula is C20H31N3O2S. The van der Waals surface area contributed by atoms with E-state index in [1.165, 1.54) is 24.1 Å². The number of nitrogens with zero attached hydrogens (tertiary/aromatic N) is 1. The highest BCUT2D eigenvalue weighted by Crippen LogP contribution is 2.19. The summed E-state index contributed by atoms with van der Waals surface area (Å²) in [6, 6.07) is 4.53. The maximum atomic E-state index is 12.3. The Hall–Kier alpha value is -1.40. The standard InChI is InChI=1S/C20H31N3O2S/c24-19(22-17-5-2-1-3-6-17)15-23-12-9-16(10-13-23)20(25)21-11-8-18-7-4-14-26-18/h4,7,14,16-17H,1-3,5-6,8-13,15H2,(H,21,25)(H,22,24). The number of likely N-dealkylation sites (tertiary alicyclic amines) is 1. The second-order valence-corrected chi connectivity index (χ2v) is 8.61. The van der Waals surface area contributed by atoms with Crippen molar-refractivity contribution in [3.05, 3.63) is 22.4 Å². The van der Waals surface area contributed by atoms with E-state index < -0.39 is 0 Å². The number of piperidine rings is 1. The Balaban J connectivity index is 1.30. The molecule has 1 aromatic heterocycles. The molecule has 2 fully saturated rings. The van der Waals surface area contributed by atoms with E-state index in [2.05, 4.69) is 27.0 Å². The molecule has 1 aromatic rings. The van der Waals surface area contributed by atoms with Gasteiger partial charge in [-0.1, -0.05) is 25.3 Å². The molecule has 0 aromatic carbocycles. The Bertz CT molecular complexity index is 562. The molecule has 1 saturated carbocycles. The monoisotopic (exact) mass is 377 g/mol. The molecule has 0 spiro atoms. The van der Waals surface area contributed by atoms with Crippen LogP contribution in [0.2, 0.25) is 0 Å². The molecule has 144 valence electrons. The number of hydrogen-bond acceptors (Lipinski definition) is 4. The number of amides is 2. The van der Waals surface area contributed by atoms with Gasteiger partial charge in [0.2, 0.25) is 11.8 Å². The summed E-state index contributed by atoms with van der Waals surface area (Å²) < 4.78 is 0. The van der Waals surface area contributed by atoms with E-state index >= 15 is 0 Å². The van der Waals surface area contributed by atoms with Crippen molar-refractivity contribution in [3.63, 3.8) is 0 Å². The summed E-state index contributed by atoms with van der Waals surface area (Å²) in [7, 11) is 0. The lowest BCUT2D eigenvalue weighted by Gasteiger charge is -2.31. The van der Waals surface area contributed by atoms with Gasteiger partial charge in [-0.15, -0.1) is 11.3 Å². The topological polar surface area (TPSA) is 61.4 Å². The first-order chi connectivity index (χ1) is 12.7. The third kappa shape index (κ3) is 6.09. The van der Waals surface area contributed by atoms with Gasteiger partial charge in [0.15, 0.2) is 0 Å². The highest BCUT2D eigenvalue weighted by Gasteiger charge is 2.26. The number of nitrogens with one attached hydrogen (secondary N) is 2. The first kappa shape index (κ1) is 19.4. The van der Waals surface area contributed by atoms with Gasteiger partial charge < -0.3 is 10.6 Å². The van der Waals surface area contributed by atoms with E-state index in [0.717, 1.165) is 45.2 Å². The summed E-state index contributed by atoms with van der Waals surface area (Å²) in [6.07, 6.45) is 8.62. The first-order valence-electron chi connectivity index (χ1n) is 10.0. The fourth-order valence-electron chi connectivity index (χ4n) is 3.98. The minimum absolute atomic E-state index is 0.0935. The van der Waals surface area contributed by atoms with Gasteiger partial charge in [-0.2, -0.15) is 0 Å². The number of hydrogen-bond donors (Lipinski definition) is 2. The smallest absolute Gasteiger partial charge is 0.234 e. The molecule has 0 bridgehead atoms. The summed E-state index contributed by atoms with van der Waals surface area (Å²) in [6.45, 7) is 2.86. The summed E-state index contributed by atoms with van der Waals surface area (Å²) in [5.41, 5.74) is 0. The minimum Gasteiger partial charge on any atom is -0.355 e. The zero-order valence-corrected chi connectivity index (χ0v) is 16.4. The second kappa shape index (κ2) is 10.1. The molecule has 26 heavy (non-hydrogen) atoms. The molecule has 6 heteroatoms. The Morgan fingerprint density at radius 2 is 1.88 bits per heavy atom. The Morgan fingerprint density at radius 1 is 1.12 bits per heavy atom. The van der Waals surface area contributed by atoms with Crippen molar-refractivity contribution >= 4 is 23.2 Å². The van der Waals surface area contributed by atoms with Crippen molar-refractivity contribution in [1.29, 1.82) is 0 Å². The molecule has 0 radical (unpaired) electrons. The summed E-state index contributed by atoms with van der Waals surface area (Å²) >= 11 is 1.73. The van der Waals surface area contributed by atoms with Gasteiger partial charge >= 0.3 is 0 Å². The van der Waals surface area contributed by atoms with Crippen molar-refractivity contribution in [2.24, 2.45) is 5.92 Å². The predicted octanol–water partition coefficient (Wildman–Crippen LogP) is 2.57. The third-order valence-electron chi connectivity index (χ3n) is 5.55. The predicted molar refractivity (Wildman–Crippen MR) is 105 cm³/mol. The van der Waals surface area contributed by atoms with Crippen LogP contribution in [0.15, 0.2) is 17.5 Å². The first-order valence-corrected chi connectivity index (χ1v) is 10.9. The zero-order valence-electron chi connectivity index (χ0n) is 15.5. The molecule has 2 aliphatic rings. The molecule has 1 aliphatic heterocycles. The number of rotatable bonds is 7. The zero-order chi connectivity index (χ0) is 18.2. The highest BCUT2D eigenvalue weighted by atomic mass is 32.1. The summed E-state index contributed by atoms with van der Waals surface area (Å²) in [5.74, 6) is 0.416. The van der Waals surface area contributed by atoms with E-state index in [1.807, 2.05) is 6.07 Å². The van der Waals surface area contributed by atoms with Crippen molar-refractivity contribution in [1.82, 2.24) is 15.5 Å².